The smallest absolute Gasteiger partial charge is 0.0667 e. The van der Waals surface area contributed by atoms with Crippen molar-refractivity contribution in [3.8, 4) is 0 Å². The summed E-state index contributed by atoms with van der Waals surface area (Å²) in [6.45, 7) is 3.12. The predicted octanol–water partition coefficient (Wildman–Crippen LogP) is 3.88. The summed E-state index contributed by atoms with van der Waals surface area (Å²) in [5.41, 5.74) is 2.60. The molecule has 1 N–H and O–H groups in total. The number of hydrogen-bond donors (Lipinski definition) is 1. The molecule has 1 aliphatic rings. The molecule has 2 aromatic carbocycles. The number of benzene rings is 2. The van der Waals surface area contributed by atoms with Crippen molar-refractivity contribution in [3.05, 3.63) is 65.2 Å². The Morgan fingerprint density at radius 3 is 2.50 bits per heavy atom. The summed E-state index contributed by atoms with van der Waals surface area (Å²) in [5.74, 6) is 0. The highest BCUT2D eigenvalue weighted by Crippen LogP contribution is 2.28. The minimum absolute atomic E-state index is 0.358. The number of hydrogen-bond acceptors (Lipinski definition) is 2. The molecular weight excluding hydrogens is 268 g/mol. The van der Waals surface area contributed by atoms with E-state index in [1.807, 2.05) is 12.1 Å². The minimum atomic E-state index is 0.358. The fourth-order valence-electron chi connectivity index (χ4n) is 2.79. The van der Waals surface area contributed by atoms with Crippen LogP contribution in [0, 0.1) is 0 Å². The number of rotatable bonds is 2. The molecule has 3 heteroatoms. The van der Waals surface area contributed by atoms with Crippen molar-refractivity contribution in [1.82, 2.24) is 5.32 Å². The molecule has 0 bridgehead atoms. The molecule has 0 amide bonds. The summed E-state index contributed by atoms with van der Waals surface area (Å²) < 4.78 is 0. The summed E-state index contributed by atoms with van der Waals surface area (Å²) in [7, 11) is 0. The number of nitrogens with one attached hydrogen (secondary N) is 1. The van der Waals surface area contributed by atoms with Crippen LogP contribution in [0.2, 0.25) is 5.02 Å². The van der Waals surface area contributed by atoms with E-state index in [1.54, 1.807) is 0 Å². The highest BCUT2D eigenvalue weighted by atomic mass is 35.5. The van der Waals surface area contributed by atoms with Crippen molar-refractivity contribution in [2.24, 2.45) is 0 Å². The van der Waals surface area contributed by atoms with Gasteiger partial charge >= 0.3 is 0 Å². The lowest BCUT2D eigenvalue weighted by Crippen LogP contribution is -2.32. The Morgan fingerprint density at radius 2 is 1.75 bits per heavy atom. The van der Waals surface area contributed by atoms with Crippen LogP contribution in [0.1, 0.15) is 18.0 Å². The van der Waals surface area contributed by atoms with Crippen molar-refractivity contribution in [3.63, 3.8) is 0 Å². The van der Waals surface area contributed by atoms with Gasteiger partial charge in [0.2, 0.25) is 0 Å². The van der Waals surface area contributed by atoms with E-state index in [2.05, 4.69) is 52.7 Å². The second-order valence-corrected chi connectivity index (χ2v) is 5.59. The molecular formula is C17H19ClN2. The van der Waals surface area contributed by atoms with Gasteiger partial charge in [-0.3, -0.25) is 0 Å². The zero-order valence-electron chi connectivity index (χ0n) is 11.4. The maximum atomic E-state index is 6.01. The molecule has 0 aliphatic carbocycles. The van der Waals surface area contributed by atoms with Gasteiger partial charge in [-0.15, -0.1) is 0 Å². The fourth-order valence-corrected chi connectivity index (χ4v) is 2.92. The second kappa shape index (κ2) is 6.29. The number of anilines is 1. The van der Waals surface area contributed by atoms with Crippen LogP contribution in [0.3, 0.4) is 0 Å². The van der Waals surface area contributed by atoms with Crippen molar-refractivity contribution < 1.29 is 0 Å². The SMILES string of the molecule is Clc1ccc(C2CNCCCN2c2ccccc2)cc1. The van der Waals surface area contributed by atoms with Gasteiger partial charge in [-0.1, -0.05) is 41.9 Å². The van der Waals surface area contributed by atoms with E-state index >= 15 is 0 Å². The Morgan fingerprint density at radius 1 is 1.00 bits per heavy atom. The highest BCUT2D eigenvalue weighted by Gasteiger charge is 2.22. The molecule has 1 unspecified atom stereocenters. The molecule has 1 saturated heterocycles. The molecule has 3 rings (SSSR count). The number of para-hydroxylation sites is 1. The largest absolute Gasteiger partial charge is 0.363 e. The van der Waals surface area contributed by atoms with Gasteiger partial charge in [0.1, 0.15) is 0 Å². The van der Waals surface area contributed by atoms with Gasteiger partial charge in [0, 0.05) is 23.8 Å². The van der Waals surface area contributed by atoms with Gasteiger partial charge in [0.05, 0.1) is 6.04 Å². The van der Waals surface area contributed by atoms with Gasteiger partial charge in [-0.05, 0) is 42.8 Å². The van der Waals surface area contributed by atoms with Crippen LogP contribution in [0.15, 0.2) is 54.6 Å². The average Bonchev–Trinajstić information content (AvgIpc) is 2.75. The zero-order valence-corrected chi connectivity index (χ0v) is 12.2. The first-order chi connectivity index (χ1) is 9.84. The first-order valence-electron chi connectivity index (χ1n) is 7.12. The van der Waals surface area contributed by atoms with Crippen LogP contribution in [-0.4, -0.2) is 19.6 Å². The Kier molecular flexibility index (Phi) is 4.24. The summed E-state index contributed by atoms with van der Waals surface area (Å²) >= 11 is 6.01. The van der Waals surface area contributed by atoms with Gasteiger partial charge < -0.3 is 10.2 Å². The Bertz CT molecular complexity index is 539. The van der Waals surface area contributed by atoms with Crippen LogP contribution >= 0.6 is 11.6 Å². The van der Waals surface area contributed by atoms with Crippen molar-refractivity contribution in [2.75, 3.05) is 24.5 Å². The van der Waals surface area contributed by atoms with E-state index < -0.39 is 0 Å². The Hall–Kier alpha value is -1.51. The van der Waals surface area contributed by atoms with Gasteiger partial charge in [0.25, 0.3) is 0 Å². The molecule has 0 spiro atoms. The van der Waals surface area contributed by atoms with Crippen molar-refractivity contribution >= 4 is 17.3 Å². The Balaban J connectivity index is 1.93. The monoisotopic (exact) mass is 286 g/mol. The number of nitrogens with zero attached hydrogens (tertiary/aromatic N) is 1. The molecule has 0 saturated carbocycles. The summed E-state index contributed by atoms with van der Waals surface area (Å²) in [6, 6.07) is 19.2. The van der Waals surface area contributed by atoms with Crippen molar-refractivity contribution in [2.45, 2.75) is 12.5 Å². The lowest BCUT2D eigenvalue weighted by atomic mass is 10.0. The third-order valence-electron chi connectivity index (χ3n) is 3.81. The lowest BCUT2D eigenvalue weighted by molar-refractivity contribution is 0.617. The van der Waals surface area contributed by atoms with Crippen LogP contribution in [0.25, 0.3) is 0 Å². The lowest BCUT2D eigenvalue weighted by Gasteiger charge is -2.32. The maximum Gasteiger partial charge on any atom is 0.0667 e. The molecule has 0 aromatic heterocycles. The third kappa shape index (κ3) is 2.97. The van der Waals surface area contributed by atoms with E-state index in [1.165, 1.54) is 17.7 Å². The summed E-state index contributed by atoms with van der Waals surface area (Å²) in [5, 5.41) is 4.33. The van der Waals surface area contributed by atoms with E-state index in [9.17, 15) is 0 Å². The fraction of sp³-hybridized carbons (Fsp3) is 0.294. The molecule has 20 heavy (non-hydrogen) atoms. The predicted molar refractivity (Wildman–Crippen MR) is 85.5 cm³/mol. The quantitative estimate of drug-likeness (QED) is 0.901. The van der Waals surface area contributed by atoms with Gasteiger partial charge in [-0.2, -0.15) is 0 Å². The second-order valence-electron chi connectivity index (χ2n) is 5.15. The van der Waals surface area contributed by atoms with Crippen molar-refractivity contribution in [1.29, 1.82) is 0 Å². The Labute approximate surface area is 125 Å². The van der Waals surface area contributed by atoms with E-state index in [-0.39, 0.29) is 0 Å². The molecule has 1 heterocycles. The normalized spacial score (nSPS) is 19.6. The molecule has 2 nitrogen and oxygen atoms in total. The minimum Gasteiger partial charge on any atom is -0.363 e. The highest BCUT2D eigenvalue weighted by molar-refractivity contribution is 6.30. The first kappa shape index (κ1) is 13.5. The van der Waals surface area contributed by atoms with E-state index in [4.69, 9.17) is 11.6 Å². The molecule has 0 radical (unpaired) electrons. The topological polar surface area (TPSA) is 15.3 Å². The first-order valence-corrected chi connectivity index (χ1v) is 7.50. The van der Waals surface area contributed by atoms with Crippen LogP contribution < -0.4 is 10.2 Å². The standard InChI is InChI=1S/C17H19ClN2/c18-15-9-7-14(8-10-15)17-13-19-11-4-12-20(17)16-5-2-1-3-6-16/h1-3,5-10,17,19H,4,11-13H2. The maximum absolute atomic E-state index is 6.01. The van der Waals surface area contributed by atoms with Crippen LogP contribution in [-0.2, 0) is 0 Å². The van der Waals surface area contributed by atoms with Gasteiger partial charge in [0.15, 0.2) is 0 Å². The molecule has 1 aliphatic heterocycles. The molecule has 2 aromatic rings. The molecule has 1 atom stereocenters. The third-order valence-corrected chi connectivity index (χ3v) is 4.06. The van der Waals surface area contributed by atoms with E-state index in [0.29, 0.717) is 6.04 Å². The summed E-state index contributed by atoms with van der Waals surface area (Å²) in [6.07, 6.45) is 1.17. The number of halogens is 1. The molecule has 104 valence electrons. The van der Waals surface area contributed by atoms with Crippen LogP contribution in [0.4, 0.5) is 5.69 Å². The summed E-state index contributed by atoms with van der Waals surface area (Å²) in [4.78, 5) is 2.49. The molecule has 1 fully saturated rings. The van der Waals surface area contributed by atoms with Crippen LogP contribution in [0.5, 0.6) is 0 Å². The average molecular weight is 287 g/mol. The van der Waals surface area contributed by atoms with Gasteiger partial charge in [-0.25, -0.2) is 0 Å². The van der Waals surface area contributed by atoms with E-state index in [0.717, 1.165) is 24.7 Å². The zero-order chi connectivity index (χ0) is 13.8.